The van der Waals surface area contributed by atoms with Crippen LogP contribution in [0.4, 0.5) is 4.39 Å². The molecule has 0 aromatic heterocycles. The highest BCUT2D eigenvalue weighted by Crippen LogP contribution is 2.33. The van der Waals surface area contributed by atoms with Crippen molar-refractivity contribution in [2.24, 2.45) is 5.73 Å². The zero-order valence-electron chi connectivity index (χ0n) is 13.4. The molecular formula is C16H16BrFN2O4S. The Labute approximate surface area is 153 Å². The van der Waals surface area contributed by atoms with Crippen molar-refractivity contribution in [2.75, 3.05) is 14.2 Å². The number of rotatable bonds is 6. The normalized spacial score (nSPS) is 12.8. The lowest BCUT2D eigenvalue weighted by atomic mass is 10.1. The Hall–Kier alpha value is -1.97. The van der Waals surface area contributed by atoms with Crippen molar-refractivity contribution in [3.63, 3.8) is 0 Å². The predicted octanol–water partition coefficient (Wildman–Crippen LogP) is 2.44. The largest absolute Gasteiger partial charge is 0.495 e. The lowest BCUT2D eigenvalue weighted by Gasteiger charge is -2.26. The van der Waals surface area contributed by atoms with E-state index in [4.69, 9.17) is 10.5 Å². The second-order valence-electron chi connectivity index (χ2n) is 5.18. The van der Waals surface area contributed by atoms with Crippen LogP contribution >= 0.6 is 15.9 Å². The van der Waals surface area contributed by atoms with E-state index in [2.05, 4.69) is 15.9 Å². The summed E-state index contributed by atoms with van der Waals surface area (Å²) in [6.45, 7) is 0. The van der Waals surface area contributed by atoms with Crippen LogP contribution < -0.4 is 10.5 Å². The summed E-state index contributed by atoms with van der Waals surface area (Å²) in [5.41, 5.74) is 5.52. The molecule has 6 nitrogen and oxygen atoms in total. The molecule has 0 bridgehead atoms. The monoisotopic (exact) mass is 430 g/mol. The average molecular weight is 431 g/mol. The van der Waals surface area contributed by atoms with E-state index in [1.54, 1.807) is 6.07 Å². The molecule has 134 valence electrons. The Morgan fingerprint density at radius 1 is 1.28 bits per heavy atom. The van der Waals surface area contributed by atoms with Crippen molar-refractivity contribution in [3.05, 3.63) is 58.3 Å². The summed E-state index contributed by atoms with van der Waals surface area (Å²) in [4.78, 5) is 11.8. The van der Waals surface area contributed by atoms with Gasteiger partial charge in [0, 0.05) is 11.5 Å². The third-order valence-electron chi connectivity index (χ3n) is 3.58. The van der Waals surface area contributed by atoms with Gasteiger partial charge in [0.15, 0.2) is 0 Å². The number of primary amides is 1. The summed E-state index contributed by atoms with van der Waals surface area (Å²) in [6, 6.07) is 8.15. The molecule has 0 saturated carbocycles. The summed E-state index contributed by atoms with van der Waals surface area (Å²) in [5, 5.41) is 0. The highest BCUT2D eigenvalue weighted by Gasteiger charge is 2.35. The number of nitrogens with two attached hydrogens (primary N) is 1. The number of carbonyl (C=O) groups excluding carboxylic acids is 1. The highest BCUT2D eigenvalue weighted by atomic mass is 79.9. The van der Waals surface area contributed by atoms with Crippen LogP contribution in [0.15, 0.2) is 51.8 Å². The smallest absolute Gasteiger partial charge is 0.247 e. The third kappa shape index (κ3) is 4.00. The number of ether oxygens (including phenoxy) is 1. The maximum Gasteiger partial charge on any atom is 0.247 e. The molecule has 2 aromatic rings. The van der Waals surface area contributed by atoms with Gasteiger partial charge in [0.25, 0.3) is 0 Å². The second-order valence-corrected chi connectivity index (χ2v) is 8.06. The van der Waals surface area contributed by atoms with Crippen LogP contribution in [0.5, 0.6) is 5.75 Å². The minimum Gasteiger partial charge on any atom is -0.495 e. The molecule has 25 heavy (non-hydrogen) atoms. The van der Waals surface area contributed by atoms with Crippen molar-refractivity contribution < 1.29 is 22.3 Å². The molecule has 1 atom stereocenters. The molecular weight excluding hydrogens is 415 g/mol. The minimum atomic E-state index is -4.15. The van der Waals surface area contributed by atoms with Gasteiger partial charge < -0.3 is 10.5 Å². The van der Waals surface area contributed by atoms with Crippen molar-refractivity contribution >= 4 is 31.9 Å². The number of sulfonamides is 1. The zero-order valence-corrected chi connectivity index (χ0v) is 15.8. The summed E-state index contributed by atoms with van der Waals surface area (Å²) in [5.74, 6) is -1.42. The van der Waals surface area contributed by atoms with Gasteiger partial charge in [-0.15, -0.1) is 0 Å². The summed E-state index contributed by atoms with van der Waals surface area (Å²) >= 11 is 3.21. The quantitative estimate of drug-likeness (QED) is 0.761. The number of halogens is 2. The van der Waals surface area contributed by atoms with E-state index in [1.165, 1.54) is 44.5 Å². The van der Waals surface area contributed by atoms with Crippen LogP contribution in [0.2, 0.25) is 0 Å². The molecule has 0 fully saturated rings. The molecule has 1 amide bonds. The number of carbonyl (C=O) groups is 1. The Bertz CT molecular complexity index is 905. The fourth-order valence-electron chi connectivity index (χ4n) is 2.38. The summed E-state index contributed by atoms with van der Waals surface area (Å²) in [7, 11) is -1.62. The fraction of sp³-hybridized carbons (Fsp3) is 0.188. The van der Waals surface area contributed by atoms with E-state index in [0.29, 0.717) is 4.47 Å². The standard InChI is InChI=1S/C16H16BrFN2O4S/c1-20(15(16(19)21)10-4-3-5-12(18)8-10)25(22,23)14-9-11(17)6-7-13(14)24-2/h3-9,15H,1-2H3,(H2,19,21). The average Bonchev–Trinajstić information content (AvgIpc) is 2.54. The van der Waals surface area contributed by atoms with Gasteiger partial charge in [-0.05, 0) is 35.9 Å². The Morgan fingerprint density at radius 3 is 2.52 bits per heavy atom. The molecule has 1 unspecified atom stereocenters. The number of nitrogens with zero attached hydrogens (tertiary/aromatic N) is 1. The lowest BCUT2D eigenvalue weighted by Crippen LogP contribution is -2.39. The van der Waals surface area contributed by atoms with Crippen molar-refractivity contribution in [1.82, 2.24) is 4.31 Å². The molecule has 0 aliphatic heterocycles. The minimum absolute atomic E-state index is 0.109. The van der Waals surface area contributed by atoms with E-state index in [1.807, 2.05) is 0 Å². The van der Waals surface area contributed by atoms with E-state index in [0.717, 1.165) is 10.4 Å². The topological polar surface area (TPSA) is 89.7 Å². The maximum absolute atomic E-state index is 13.5. The van der Waals surface area contributed by atoms with E-state index in [9.17, 15) is 17.6 Å². The van der Waals surface area contributed by atoms with Gasteiger partial charge >= 0.3 is 0 Å². The van der Waals surface area contributed by atoms with E-state index >= 15 is 0 Å². The Morgan fingerprint density at radius 2 is 1.96 bits per heavy atom. The van der Waals surface area contributed by atoms with Crippen LogP contribution in [0.25, 0.3) is 0 Å². The number of methoxy groups -OCH3 is 1. The van der Waals surface area contributed by atoms with Gasteiger partial charge in [-0.3, -0.25) is 4.79 Å². The predicted molar refractivity (Wildman–Crippen MR) is 94.0 cm³/mol. The molecule has 0 aliphatic rings. The first kappa shape index (κ1) is 19.4. The van der Waals surface area contributed by atoms with E-state index < -0.39 is 27.8 Å². The van der Waals surface area contributed by atoms with Gasteiger partial charge in [0.1, 0.15) is 22.5 Å². The second kappa shape index (κ2) is 7.51. The Kier molecular flexibility index (Phi) is 5.81. The highest BCUT2D eigenvalue weighted by molar-refractivity contribution is 9.10. The van der Waals surface area contributed by atoms with Gasteiger partial charge in [-0.2, -0.15) is 4.31 Å². The van der Waals surface area contributed by atoms with Crippen LogP contribution in [-0.2, 0) is 14.8 Å². The van der Waals surface area contributed by atoms with Crippen molar-refractivity contribution in [1.29, 1.82) is 0 Å². The number of likely N-dealkylation sites (N-methyl/N-ethyl adjacent to an activating group) is 1. The zero-order chi connectivity index (χ0) is 18.8. The maximum atomic E-state index is 13.5. The first-order valence-electron chi connectivity index (χ1n) is 7.05. The summed E-state index contributed by atoms with van der Waals surface area (Å²) in [6.07, 6.45) is 0. The first-order chi connectivity index (χ1) is 11.7. The van der Waals surface area contributed by atoms with Gasteiger partial charge in [0.05, 0.1) is 7.11 Å². The van der Waals surface area contributed by atoms with Gasteiger partial charge in [-0.1, -0.05) is 28.1 Å². The number of hydrogen-bond donors (Lipinski definition) is 1. The van der Waals surface area contributed by atoms with Gasteiger partial charge in [-0.25, -0.2) is 12.8 Å². The molecule has 2 N–H and O–H groups in total. The Balaban J connectivity index is 2.57. The van der Waals surface area contributed by atoms with Crippen molar-refractivity contribution in [3.8, 4) is 5.75 Å². The van der Waals surface area contributed by atoms with Crippen LogP contribution in [0, 0.1) is 5.82 Å². The van der Waals surface area contributed by atoms with Crippen LogP contribution in [0.1, 0.15) is 11.6 Å². The van der Waals surface area contributed by atoms with Crippen LogP contribution in [0.3, 0.4) is 0 Å². The molecule has 0 saturated heterocycles. The first-order valence-corrected chi connectivity index (χ1v) is 9.28. The van der Waals surface area contributed by atoms with E-state index in [-0.39, 0.29) is 16.2 Å². The molecule has 2 rings (SSSR count). The molecule has 0 aliphatic carbocycles. The number of benzene rings is 2. The molecule has 0 heterocycles. The van der Waals surface area contributed by atoms with Crippen molar-refractivity contribution in [2.45, 2.75) is 10.9 Å². The third-order valence-corrected chi connectivity index (χ3v) is 5.92. The molecule has 0 spiro atoms. The van der Waals surface area contributed by atoms with Crippen LogP contribution in [-0.4, -0.2) is 32.8 Å². The van der Waals surface area contributed by atoms with Gasteiger partial charge in [0.2, 0.25) is 15.9 Å². The number of hydrogen-bond acceptors (Lipinski definition) is 4. The fourth-order valence-corrected chi connectivity index (χ4v) is 4.38. The lowest BCUT2D eigenvalue weighted by molar-refractivity contribution is -0.121. The molecule has 9 heteroatoms. The SMILES string of the molecule is COc1ccc(Br)cc1S(=O)(=O)N(C)C(C(N)=O)c1cccc(F)c1. The molecule has 2 aromatic carbocycles. The number of amides is 1. The molecule has 0 radical (unpaired) electrons. The summed E-state index contributed by atoms with van der Waals surface area (Å²) < 4.78 is 45.9.